The zero-order valence-corrected chi connectivity index (χ0v) is 18.2. The van der Waals surface area contributed by atoms with Gasteiger partial charge in [0.15, 0.2) is 0 Å². The Morgan fingerprint density at radius 1 is 1.00 bits per heavy atom. The maximum atomic E-state index is 12.8. The van der Waals surface area contributed by atoms with Crippen LogP contribution in [0.15, 0.2) is 67.0 Å². The lowest BCUT2D eigenvalue weighted by Gasteiger charge is -2.08. The summed E-state index contributed by atoms with van der Waals surface area (Å²) in [4.78, 5) is 23.9. The van der Waals surface area contributed by atoms with Gasteiger partial charge in [-0.25, -0.2) is 4.98 Å². The summed E-state index contributed by atoms with van der Waals surface area (Å²) < 4.78 is 0. The van der Waals surface area contributed by atoms with Crippen molar-refractivity contribution >= 4 is 34.7 Å². The fraction of sp³-hybridized carbons (Fsp3) is 0.115. The first-order valence-electron chi connectivity index (χ1n) is 10.2. The van der Waals surface area contributed by atoms with Gasteiger partial charge in [-0.15, -0.1) is 11.3 Å². The summed E-state index contributed by atoms with van der Waals surface area (Å²) in [6.07, 6.45) is 6.44. The van der Waals surface area contributed by atoms with Gasteiger partial charge in [-0.2, -0.15) is 0 Å². The molecule has 0 unspecified atom stereocenters. The predicted octanol–water partition coefficient (Wildman–Crippen LogP) is 5.91. The van der Waals surface area contributed by atoms with Crippen LogP contribution < -0.4 is 5.32 Å². The van der Waals surface area contributed by atoms with Gasteiger partial charge in [-0.05, 0) is 60.9 Å². The van der Waals surface area contributed by atoms with Gasteiger partial charge < -0.3 is 5.32 Å². The molecule has 0 radical (unpaired) electrons. The van der Waals surface area contributed by atoms with E-state index in [-0.39, 0.29) is 5.91 Å². The Hall–Kier alpha value is -3.57. The standard InChI is InChI=1S/C26H21N3OS/c1-16-12-20(13-18-6-4-3-5-7-18)31-24(16)15-23-22-14-21(19-8-10-27-11-9-19)17(2)28-25(22)29-26(23)30/h3-12,14-15H,13H2,1-2H3,(H,28,29,30). The van der Waals surface area contributed by atoms with Crippen LogP contribution in [0.3, 0.4) is 0 Å². The Morgan fingerprint density at radius 3 is 2.55 bits per heavy atom. The number of aromatic nitrogens is 2. The summed E-state index contributed by atoms with van der Waals surface area (Å²) in [7, 11) is 0. The average molecular weight is 424 g/mol. The highest BCUT2D eigenvalue weighted by Crippen LogP contribution is 2.37. The molecule has 1 N–H and O–H groups in total. The van der Waals surface area contributed by atoms with Crippen molar-refractivity contribution in [2.75, 3.05) is 5.32 Å². The normalized spacial score (nSPS) is 14.0. The van der Waals surface area contributed by atoms with Crippen LogP contribution >= 0.6 is 11.3 Å². The number of benzene rings is 1. The third-order valence-corrected chi connectivity index (χ3v) is 6.66. The van der Waals surface area contributed by atoms with E-state index in [1.807, 2.05) is 31.2 Å². The lowest BCUT2D eigenvalue weighted by atomic mass is 10.00. The molecule has 3 aromatic heterocycles. The molecule has 0 fully saturated rings. The zero-order chi connectivity index (χ0) is 21.4. The van der Waals surface area contributed by atoms with Crippen molar-refractivity contribution in [3.05, 3.63) is 99.1 Å². The minimum atomic E-state index is -0.105. The number of pyridine rings is 2. The number of amides is 1. The summed E-state index contributed by atoms with van der Waals surface area (Å²) in [6.45, 7) is 4.06. The van der Waals surface area contributed by atoms with Crippen LogP contribution in [0.1, 0.15) is 32.1 Å². The molecule has 0 aliphatic carbocycles. The van der Waals surface area contributed by atoms with Crippen LogP contribution in [0.25, 0.3) is 22.8 Å². The van der Waals surface area contributed by atoms with Crippen LogP contribution in [-0.4, -0.2) is 15.9 Å². The van der Waals surface area contributed by atoms with E-state index in [0.717, 1.165) is 33.7 Å². The molecule has 1 aromatic carbocycles. The summed E-state index contributed by atoms with van der Waals surface area (Å²) in [5.41, 5.74) is 6.90. The number of nitrogens with zero attached hydrogens (tertiary/aromatic N) is 2. The van der Waals surface area contributed by atoms with Crippen molar-refractivity contribution in [2.24, 2.45) is 0 Å². The van der Waals surface area contributed by atoms with Crippen molar-refractivity contribution in [2.45, 2.75) is 20.3 Å². The molecule has 0 spiro atoms. The van der Waals surface area contributed by atoms with E-state index in [9.17, 15) is 4.79 Å². The second kappa shape index (κ2) is 7.93. The molecule has 1 aliphatic rings. The van der Waals surface area contributed by atoms with E-state index in [2.05, 4.69) is 58.6 Å². The molecule has 4 aromatic rings. The Bertz CT molecular complexity index is 1310. The van der Waals surface area contributed by atoms with Crippen LogP contribution in [0.4, 0.5) is 5.82 Å². The van der Waals surface area contributed by atoms with E-state index in [1.165, 1.54) is 16.0 Å². The Kier molecular flexibility index (Phi) is 4.96. The van der Waals surface area contributed by atoms with Crippen LogP contribution in [0, 0.1) is 13.8 Å². The number of hydrogen-bond acceptors (Lipinski definition) is 4. The van der Waals surface area contributed by atoms with Gasteiger partial charge in [0.05, 0.1) is 5.57 Å². The number of nitrogens with one attached hydrogen (secondary N) is 1. The van der Waals surface area contributed by atoms with E-state index >= 15 is 0 Å². The fourth-order valence-electron chi connectivity index (χ4n) is 3.89. The van der Waals surface area contributed by atoms with E-state index < -0.39 is 0 Å². The third kappa shape index (κ3) is 3.80. The first-order valence-corrected chi connectivity index (χ1v) is 11.0. The first-order chi connectivity index (χ1) is 15.1. The monoisotopic (exact) mass is 423 g/mol. The molecule has 5 heteroatoms. The molecule has 0 saturated heterocycles. The average Bonchev–Trinajstić information content (AvgIpc) is 3.27. The topological polar surface area (TPSA) is 54.9 Å². The molecule has 4 heterocycles. The fourth-order valence-corrected chi connectivity index (χ4v) is 5.05. The predicted molar refractivity (Wildman–Crippen MR) is 127 cm³/mol. The van der Waals surface area contributed by atoms with Crippen LogP contribution in [-0.2, 0) is 11.2 Å². The van der Waals surface area contributed by atoms with Crippen molar-refractivity contribution < 1.29 is 4.79 Å². The van der Waals surface area contributed by atoms with Gasteiger partial charge in [0.25, 0.3) is 5.91 Å². The van der Waals surface area contributed by atoms with E-state index in [4.69, 9.17) is 0 Å². The van der Waals surface area contributed by atoms with E-state index in [0.29, 0.717) is 11.4 Å². The van der Waals surface area contributed by atoms with Gasteiger partial charge >= 0.3 is 0 Å². The van der Waals surface area contributed by atoms with Crippen molar-refractivity contribution in [1.82, 2.24) is 9.97 Å². The van der Waals surface area contributed by atoms with Crippen molar-refractivity contribution in [1.29, 1.82) is 0 Å². The smallest absolute Gasteiger partial charge is 0.257 e. The largest absolute Gasteiger partial charge is 0.306 e. The number of aryl methyl sites for hydroxylation is 2. The molecule has 152 valence electrons. The molecule has 0 atom stereocenters. The highest BCUT2D eigenvalue weighted by molar-refractivity contribution is 7.13. The maximum Gasteiger partial charge on any atom is 0.257 e. The maximum absolute atomic E-state index is 12.8. The minimum absolute atomic E-state index is 0.105. The van der Waals surface area contributed by atoms with Crippen molar-refractivity contribution in [3.63, 3.8) is 0 Å². The molecule has 4 nitrogen and oxygen atoms in total. The number of anilines is 1. The van der Waals surface area contributed by atoms with Gasteiger partial charge in [-0.3, -0.25) is 9.78 Å². The molecular weight excluding hydrogens is 402 g/mol. The highest BCUT2D eigenvalue weighted by Gasteiger charge is 2.27. The summed E-state index contributed by atoms with van der Waals surface area (Å²) in [5.74, 6) is 0.525. The minimum Gasteiger partial charge on any atom is -0.306 e. The molecule has 31 heavy (non-hydrogen) atoms. The second-order valence-corrected chi connectivity index (χ2v) is 8.86. The van der Waals surface area contributed by atoms with Gasteiger partial charge in [0.1, 0.15) is 5.82 Å². The Morgan fingerprint density at radius 2 is 1.77 bits per heavy atom. The summed E-state index contributed by atoms with van der Waals surface area (Å²) in [5, 5.41) is 2.93. The molecule has 0 saturated carbocycles. The molecule has 0 bridgehead atoms. The van der Waals surface area contributed by atoms with Gasteiger partial charge in [0, 0.05) is 45.4 Å². The third-order valence-electron chi connectivity index (χ3n) is 5.47. The van der Waals surface area contributed by atoms with Crippen LogP contribution in [0.5, 0.6) is 0 Å². The number of carbonyl (C=O) groups excluding carboxylic acids is 1. The summed E-state index contributed by atoms with van der Waals surface area (Å²) >= 11 is 1.74. The quantitative estimate of drug-likeness (QED) is 0.416. The Labute approximate surface area is 185 Å². The number of thiophene rings is 1. The van der Waals surface area contributed by atoms with E-state index in [1.54, 1.807) is 23.7 Å². The number of rotatable bonds is 4. The molecular formula is C26H21N3OS. The summed E-state index contributed by atoms with van der Waals surface area (Å²) in [6, 6.07) is 18.6. The SMILES string of the molecule is Cc1cc(Cc2ccccc2)sc1C=C1C(=O)Nc2nc(C)c(-c3ccncc3)cc21. The second-order valence-electron chi connectivity index (χ2n) is 7.69. The molecule has 1 aliphatic heterocycles. The van der Waals surface area contributed by atoms with Gasteiger partial charge in [0.2, 0.25) is 0 Å². The van der Waals surface area contributed by atoms with Crippen LogP contribution in [0.2, 0.25) is 0 Å². The van der Waals surface area contributed by atoms with Crippen molar-refractivity contribution in [3.8, 4) is 11.1 Å². The highest BCUT2D eigenvalue weighted by atomic mass is 32.1. The Balaban J connectivity index is 1.53. The number of carbonyl (C=O) groups is 1. The number of hydrogen-bond donors (Lipinski definition) is 1. The zero-order valence-electron chi connectivity index (χ0n) is 17.3. The molecule has 5 rings (SSSR count). The van der Waals surface area contributed by atoms with Gasteiger partial charge in [-0.1, -0.05) is 30.3 Å². The molecule has 1 amide bonds. The lowest BCUT2D eigenvalue weighted by molar-refractivity contribution is -0.110. The first kappa shape index (κ1) is 19.4. The number of fused-ring (bicyclic) bond motifs is 1. The lowest BCUT2D eigenvalue weighted by Crippen LogP contribution is -2.04.